The highest BCUT2D eigenvalue weighted by Gasteiger charge is 2.28. The van der Waals surface area contributed by atoms with Gasteiger partial charge in [-0.2, -0.15) is 0 Å². The zero-order chi connectivity index (χ0) is 16.7. The molecular formula is C16H16F3N3O. The number of alkyl halides is 2. The summed E-state index contributed by atoms with van der Waals surface area (Å²) in [5.74, 6) is -1.42. The first-order valence-corrected chi connectivity index (χ1v) is 7.21. The van der Waals surface area contributed by atoms with Gasteiger partial charge in [-0.1, -0.05) is 0 Å². The third kappa shape index (κ3) is 2.72. The Labute approximate surface area is 131 Å². The lowest BCUT2D eigenvalue weighted by Crippen LogP contribution is -2.17. The SMILES string of the molecule is Cn1cc2c(c1C(=O)Nc1ccc(F)c(C(F)F)c1)CCC2N. The second-order valence-corrected chi connectivity index (χ2v) is 5.66. The average molecular weight is 323 g/mol. The first-order valence-electron chi connectivity index (χ1n) is 7.21. The highest BCUT2D eigenvalue weighted by molar-refractivity contribution is 6.04. The van der Waals surface area contributed by atoms with E-state index in [2.05, 4.69) is 5.32 Å². The van der Waals surface area contributed by atoms with Crippen molar-refractivity contribution < 1.29 is 18.0 Å². The Hall–Kier alpha value is -2.28. The molecule has 1 amide bonds. The van der Waals surface area contributed by atoms with E-state index in [1.807, 2.05) is 6.20 Å². The van der Waals surface area contributed by atoms with Crippen LogP contribution < -0.4 is 11.1 Å². The number of anilines is 1. The molecule has 0 bridgehead atoms. The molecule has 0 radical (unpaired) electrons. The van der Waals surface area contributed by atoms with Crippen molar-refractivity contribution in [1.82, 2.24) is 4.57 Å². The number of halogens is 3. The van der Waals surface area contributed by atoms with Crippen molar-refractivity contribution in [1.29, 1.82) is 0 Å². The van der Waals surface area contributed by atoms with Gasteiger partial charge in [-0.15, -0.1) is 0 Å². The van der Waals surface area contributed by atoms with E-state index in [0.717, 1.165) is 29.7 Å². The molecule has 0 spiro atoms. The van der Waals surface area contributed by atoms with E-state index in [1.165, 1.54) is 6.07 Å². The number of carbonyl (C=O) groups is 1. The van der Waals surface area contributed by atoms with Gasteiger partial charge in [0, 0.05) is 25.0 Å². The number of nitrogens with two attached hydrogens (primary N) is 1. The van der Waals surface area contributed by atoms with E-state index in [0.29, 0.717) is 12.1 Å². The van der Waals surface area contributed by atoms with Crippen LogP contribution in [0, 0.1) is 5.82 Å². The molecule has 0 fully saturated rings. The number of hydrogen-bond acceptors (Lipinski definition) is 2. The van der Waals surface area contributed by atoms with Gasteiger partial charge in [0.05, 0.1) is 5.56 Å². The molecule has 1 aliphatic carbocycles. The molecule has 2 aromatic rings. The van der Waals surface area contributed by atoms with Crippen molar-refractivity contribution in [2.45, 2.75) is 25.3 Å². The molecule has 3 rings (SSSR count). The van der Waals surface area contributed by atoms with Crippen LogP contribution in [0.25, 0.3) is 0 Å². The Balaban J connectivity index is 1.89. The molecule has 1 atom stereocenters. The Morgan fingerprint density at radius 1 is 1.43 bits per heavy atom. The fourth-order valence-electron chi connectivity index (χ4n) is 3.01. The van der Waals surface area contributed by atoms with E-state index in [1.54, 1.807) is 11.6 Å². The molecule has 1 heterocycles. The smallest absolute Gasteiger partial charge is 0.272 e. The number of aromatic nitrogens is 1. The predicted octanol–water partition coefficient (Wildman–Crippen LogP) is 3.30. The van der Waals surface area contributed by atoms with Crippen molar-refractivity contribution in [2.24, 2.45) is 12.8 Å². The molecule has 1 aromatic carbocycles. The largest absolute Gasteiger partial charge is 0.346 e. The molecule has 1 aromatic heterocycles. The fourth-order valence-corrected chi connectivity index (χ4v) is 3.01. The molecule has 0 saturated carbocycles. The van der Waals surface area contributed by atoms with Gasteiger partial charge >= 0.3 is 0 Å². The van der Waals surface area contributed by atoms with Gasteiger partial charge in [-0.3, -0.25) is 4.79 Å². The number of benzene rings is 1. The molecule has 0 aliphatic heterocycles. The van der Waals surface area contributed by atoms with Crippen LogP contribution in [0.2, 0.25) is 0 Å². The molecule has 1 unspecified atom stereocenters. The van der Waals surface area contributed by atoms with Crippen LogP contribution in [0.15, 0.2) is 24.4 Å². The third-order valence-corrected chi connectivity index (χ3v) is 4.13. The summed E-state index contributed by atoms with van der Waals surface area (Å²) in [6.07, 6.45) is 0.352. The summed E-state index contributed by atoms with van der Waals surface area (Å²) in [7, 11) is 1.73. The van der Waals surface area contributed by atoms with Gasteiger partial charge in [0.1, 0.15) is 11.5 Å². The number of carbonyl (C=O) groups excluding carboxylic acids is 1. The highest BCUT2D eigenvalue weighted by atomic mass is 19.3. The van der Waals surface area contributed by atoms with E-state index in [-0.39, 0.29) is 11.7 Å². The van der Waals surface area contributed by atoms with E-state index in [4.69, 9.17) is 5.73 Å². The molecule has 122 valence electrons. The molecule has 3 N–H and O–H groups in total. The van der Waals surface area contributed by atoms with Crippen LogP contribution in [0.4, 0.5) is 18.9 Å². The van der Waals surface area contributed by atoms with Gasteiger partial charge in [0.2, 0.25) is 0 Å². The molecule has 7 heteroatoms. The monoisotopic (exact) mass is 323 g/mol. The van der Waals surface area contributed by atoms with Crippen LogP contribution in [0.1, 0.15) is 46.1 Å². The molecule has 0 saturated heterocycles. The summed E-state index contributed by atoms with van der Waals surface area (Å²) in [6.45, 7) is 0. The van der Waals surface area contributed by atoms with Crippen molar-refractivity contribution in [2.75, 3.05) is 5.32 Å². The van der Waals surface area contributed by atoms with Crippen molar-refractivity contribution in [3.8, 4) is 0 Å². The molecule has 4 nitrogen and oxygen atoms in total. The summed E-state index contributed by atoms with van der Waals surface area (Å²) >= 11 is 0. The highest BCUT2D eigenvalue weighted by Crippen LogP contribution is 2.33. The van der Waals surface area contributed by atoms with Gasteiger partial charge in [0.15, 0.2) is 0 Å². The van der Waals surface area contributed by atoms with Gasteiger partial charge in [-0.05, 0) is 42.2 Å². The quantitative estimate of drug-likeness (QED) is 0.910. The first-order chi connectivity index (χ1) is 10.9. The summed E-state index contributed by atoms with van der Waals surface area (Å²) < 4.78 is 40.5. The minimum atomic E-state index is -2.94. The van der Waals surface area contributed by atoms with E-state index in [9.17, 15) is 18.0 Å². The number of amides is 1. The summed E-state index contributed by atoms with van der Waals surface area (Å²) in [6, 6.07) is 3.04. The maximum Gasteiger partial charge on any atom is 0.272 e. The van der Waals surface area contributed by atoms with Crippen LogP contribution >= 0.6 is 0 Å². The van der Waals surface area contributed by atoms with Crippen LogP contribution in [0.3, 0.4) is 0 Å². The van der Waals surface area contributed by atoms with Gasteiger partial charge in [-0.25, -0.2) is 13.2 Å². The maximum absolute atomic E-state index is 13.3. The Morgan fingerprint density at radius 2 is 2.17 bits per heavy atom. The zero-order valence-electron chi connectivity index (χ0n) is 12.4. The lowest BCUT2D eigenvalue weighted by molar-refractivity contribution is 0.101. The summed E-state index contributed by atoms with van der Waals surface area (Å²) in [5, 5.41) is 2.55. The number of rotatable bonds is 3. The topological polar surface area (TPSA) is 60.0 Å². The molecule has 23 heavy (non-hydrogen) atoms. The number of hydrogen-bond donors (Lipinski definition) is 2. The Bertz CT molecular complexity index is 770. The first kappa shape index (κ1) is 15.6. The van der Waals surface area contributed by atoms with E-state index >= 15 is 0 Å². The van der Waals surface area contributed by atoms with Crippen molar-refractivity contribution >= 4 is 11.6 Å². The zero-order valence-corrected chi connectivity index (χ0v) is 12.4. The fraction of sp³-hybridized carbons (Fsp3) is 0.312. The maximum atomic E-state index is 13.3. The summed E-state index contributed by atoms with van der Waals surface area (Å²) in [4.78, 5) is 12.5. The number of fused-ring (bicyclic) bond motifs is 1. The number of aryl methyl sites for hydroxylation is 1. The summed E-state index contributed by atoms with van der Waals surface area (Å²) in [5.41, 5.74) is 7.65. The van der Waals surface area contributed by atoms with Gasteiger partial charge in [0.25, 0.3) is 12.3 Å². The van der Waals surface area contributed by atoms with Crippen molar-refractivity contribution in [3.05, 3.63) is 52.6 Å². The standard InChI is InChI=1S/C16H16F3N3O/c1-22-7-11-9(3-5-13(11)20)14(22)16(23)21-8-2-4-12(17)10(6-8)15(18)19/h2,4,6-7,13,15H,3,5,20H2,1H3,(H,21,23). The number of nitrogens with zero attached hydrogens (tertiary/aromatic N) is 1. The van der Waals surface area contributed by atoms with Crippen LogP contribution in [-0.2, 0) is 13.5 Å². The molecule has 1 aliphatic rings. The van der Waals surface area contributed by atoms with Crippen LogP contribution in [0.5, 0.6) is 0 Å². The second kappa shape index (κ2) is 5.73. The normalized spacial score (nSPS) is 16.7. The van der Waals surface area contributed by atoms with E-state index < -0.39 is 23.7 Å². The lowest BCUT2D eigenvalue weighted by Gasteiger charge is -2.10. The average Bonchev–Trinajstić information content (AvgIpc) is 2.99. The minimum Gasteiger partial charge on any atom is -0.346 e. The van der Waals surface area contributed by atoms with Crippen LogP contribution in [-0.4, -0.2) is 10.5 Å². The Morgan fingerprint density at radius 3 is 2.87 bits per heavy atom. The van der Waals surface area contributed by atoms with Crippen molar-refractivity contribution in [3.63, 3.8) is 0 Å². The third-order valence-electron chi connectivity index (χ3n) is 4.13. The number of nitrogens with one attached hydrogen (secondary N) is 1. The minimum absolute atomic E-state index is 0.0889. The molecular weight excluding hydrogens is 307 g/mol. The Kier molecular flexibility index (Phi) is 3.89. The van der Waals surface area contributed by atoms with Gasteiger partial charge < -0.3 is 15.6 Å². The predicted molar refractivity (Wildman–Crippen MR) is 80.0 cm³/mol. The second-order valence-electron chi connectivity index (χ2n) is 5.66. The lowest BCUT2D eigenvalue weighted by atomic mass is 10.1.